The van der Waals surface area contributed by atoms with Crippen molar-refractivity contribution in [1.29, 1.82) is 0 Å². The van der Waals surface area contributed by atoms with E-state index in [1.807, 2.05) is 13.8 Å². The van der Waals surface area contributed by atoms with Gasteiger partial charge in [-0.15, -0.1) is 0 Å². The predicted octanol–water partition coefficient (Wildman–Crippen LogP) is -0.492. The third-order valence-corrected chi connectivity index (χ3v) is 2.64. The van der Waals surface area contributed by atoms with Crippen molar-refractivity contribution in [2.75, 3.05) is 0 Å². The minimum absolute atomic E-state index is 0. The van der Waals surface area contributed by atoms with Gasteiger partial charge in [0.1, 0.15) is 0 Å². The van der Waals surface area contributed by atoms with E-state index < -0.39 is 5.60 Å². The fraction of sp³-hybridized carbons (Fsp3) is 0.800. The normalized spacial score (nSPS) is 24.3. The molecule has 12 heavy (non-hydrogen) atoms. The summed E-state index contributed by atoms with van der Waals surface area (Å²) in [7, 11) is 0. The van der Waals surface area contributed by atoms with E-state index in [0.717, 1.165) is 19.3 Å². The van der Waals surface area contributed by atoms with Gasteiger partial charge in [0, 0.05) is 0 Å². The van der Waals surface area contributed by atoms with Crippen molar-refractivity contribution in [3.8, 4) is 0 Å². The van der Waals surface area contributed by atoms with Gasteiger partial charge in [0.05, 0.1) is 5.60 Å². The van der Waals surface area contributed by atoms with Crippen LogP contribution in [0.1, 0.15) is 40.0 Å². The Hall–Kier alpha value is 0.700. The van der Waals surface area contributed by atoms with Crippen molar-refractivity contribution in [3.05, 3.63) is 11.6 Å². The van der Waals surface area contributed by atoms with Gasteiger partial charge in [-0.25, -0.2) is 0 Å². The van der Waals surface area contributed by atoms with Crippen LogP contribution in [0.2, 0.25) is 0 Å². The molecule has 0 aromatic carbocycles. The number of hydrogen-bond donors (Lipinski definition) is 1. The summed E-state index contributed by atoms with van der Waals surface area (Å²) >= 11 is 0. The Morgan fingerprint density at radius 2 is 2.08 bits per heavy atom. The van der Waals surface area contributed by atoms with Gasteiger partial charge in [0.2, 0.25) is 0 Å². The fourth-order valence-electron chi connectivity index (χ4n) is 1.61. The van der Waals surface area contributed by atoms with Gasteiger partial charge in [-0.1, -0.05) is 11.6 Å². The van der Waals surface area contributed by atoms with E-state index in [-0.39, 0.29) is 29.6 Å². The maximum Gasteiger partial charge on any atom is 1.00 e. The van der Waals surface area contributed by atoms with E-state index in [9.17, 15) is 5.11 Å². The third kappa shape index (κ3) is 3.61. The molecule has 64 valence electrons. The maximum absolute atomic E-state index is 9.70. The van der Waals surface area contributed by atoms with Crippen molar-refractivity contribution in [2.24, 2.45) is 5.92 Å². The SMILES string of the molecule is CC1=CC[C@@H](C(C)(C)O)CC1.[Na+]. The summed E-state index contributed by atoms with van der Waals surface area (Å²) in [5.74, 6) is 0.464. The van der Waals surface area contributed by atoms with Crippen molar-refractivity contribution >= 4 is 0 Å². The molecule has 0 spiro atoms. The summed E-state index contributed by atoms with van der Waals surface area (Å²) in [6.45, 7) is 5.99. The maximum atomic E-state index is 9.70. The molecule has 1 aliphatic carbocycles. The molecule has 0 heterocycles. The Kier molecular flexibility index (Phi) is 5.08. The second-order valence-electron chi connectivity index (χ2n) is 4.18. The van der Waals surface area contributed by atoms with Crippen LogP contribution in [0.5, 0.6) is 0 Å². The van der Waals surface area contributed by atoms with E-state index in [1.165, 1.54) is 5.57 Å². The minimum atomic E-state index is -0.489. The van der Waals surface area contributed by atoms with E-state index >= 15 is 0 Å². The first-order valence-corrected chi connectivity index (χ1v) is 4.38. The van der Waals surface area contributed by atoms with Crippen LogP contribution in [0.3, 0.4) is 0 Å². The van der Waals surface area contributed by atoms with E-state index in [2.05, 4.69) is 13.0 Å². The monoisotopic (exact) mass is 177 g/mol. The molecule has 0 aromatic rings. The zero-order valence-electron chi connectivity index (χ0n) is 8.72. The van der Waals surface area contributed by atoms with Crippen LogP contribution >= 0.6 is 0 Å². The van der Waals surface area contributed by atoms with Gasteiger partial charge in [-0.2, -0.15) is 0 Å². The summed E-state index contributed by atoms with van der Waals surface area (Å²) in [6, 6.07) is 0. The zero-order chi connectivity index (χ0) is 8.48. The largest absolute Gasteiger partial charge is 1.00 e. The second-order valence-corrected chi connectivity index (χ2v) is 4.18. The van der Waals surface area contributed by atoms with Crippen LogP contribution in [0, 0.1) is 5.92 Å². The standard InChI is InChI=1S/C10H18O.Na/c1-8-4-6-9(7-5-8)10(2,3)11;/h4,9,11H,5-7H2,1-3H3;/q;+1/t9-;/m1./s1. The molecule has 1 aliphatic rings. The minimum Gasteiger partial charge on any atom is -0.390 e. The van der Waals surface area contributed by atoms with Gasteiger partial charge >= 0.3 is 29.6 Å². The Morgan fingerprint density at radius 3 is 2.42 bits per heavy atom. The van der Waals surface area contributed by atoms with Crippen molar-refractivity contribution < 1.29 is 34.7 Å². The van der Waals surface area contributed by atoms with Crippen LogP contribution in [-0.4, -0.2) is 10.7 Å². The summed E-state index contributed by atoms with van der Waals surface area (Å²) in [4.78, 5) is 0. The molecule has 0 radical (unpaired) electrons. The molecule has 0 saturated carbocycles. The molecule has 0 saturated heterocycles. The van der Waals surface area contributed by atoms with Gasteiger partial charge in [0.25, 0.3) is 0 Å². The van der Waals surface area contributed by atoms with Crippen LogP contribution in [0.15, 0.2) is 11.6 Å². The predicted molar refractivity (Wildman–Crippen MR) is 47.4 cm³/mol. The van der Waals surface area contributed by atoms with Crippen LogP contribution in [0.4, 0.5) is 0 Å². The number of hydrogen-bond acceptors (Lipinski definition) is 1. The van der Waals surface area contributed by atoms with Crippen molar-refractivity contribution in [3.63, 3.8) is 0 Å². The Labute approximate surface area is 97.5 Å². The first-order chi connectivity index (χ1) is 5.00. The Balaban J connectivity index is 0.00000121. The summed E-state index contributed by atoms with van der Waals surface area (Å²) in [5.41, 5.74) is 0.988. The van der Waals surface area contributed by atoms with Gasteiger partial charge < -0.3 is 5.11 Å². The van der Waals surface area contributed by atoms with Gasteiger partial charge in [-0.3, -0.25) is 0 Å². The van der Waals surface area contributed by atoms with E-state index in [4.69, 9.17) is 0 Å². The molecule has 1 N–H and O–H groups in total. The summed E-state index contributed by atoms with van der Waals surface area (Å²) < 4.78 is 0. The van der Waals surface area contributed by atoms with Crippen LogP contribution in [0.25, 0.3) is 0 Å². The van der Waals surface area contributed by atoms with Crippen molar-refractivity contribution in [2.45, 2.75) is 45.6 Å². The molecule has 0 aromatic heterocycles. The number of rotatable bonds is 1. The van der Waals surface area contributed by atoms with Crippen LogP contribution in [-0.2, 0) is 0 Å². The average molecular weight is 177 g/mol. The van der Waals surface area contributed by atoms with Gasteiger partial charge in [0.15, 0.2) is 0 Å². The molecular formula is C10H18NaO+. The van der Waals surface area contributed by atoms with Crippen molar-refractivity contribution in [1.82, 2.24) is 0 Å². The Bertz CT molecular complexity index is 167. The van der Waals surface area contributed by atoms with E-state index in [1.54, 1.807) is 0 Å². The molecule has 0 fully saturated rings. The Morgan fingerprint density at radius 1 is 1.50 bits per heavy atom. The molecule has 1 rings (SSSR count). The molecule has 1 nitrogen and oxygen atoms in total. The van der Waals surface area contributed by atoms with Gasteiger partial charge in [-0.05, 0) is 46.0 Å². The van der Waals surface area contributed by atoms with Crippen LogP contribution < -0.4 is 29.6 Å². The molecule has 0 unspecified atom stereocenters. The molecule has 0 amide bonds. The molecule has 1 atom stereocenters. The smallest absolute Gasteiger partial charge is 0.390 e. The quantitative estimate of drug-likeness (QED) is 0.423. The summed E-state index contributed by atoms with van der Waals surface area (Å²) in [6.07, 6.45) is 5.61. The first-order valence-electron chi connectivity index (χ1n) is 4.38. The number of allylic oxidation sites excluding steroid dienone is 2. The molecule has 0 aliphatic heterocycles. The first kappa shape index (κ1) is 12.7. The molecule has 2 heteroatoms. The topological polar surface area (TPSA) is 20.2 Å². The molecular weight excluding hydrogens is 159 g/mol. The zero-order valence-corrected chi connectivity index (χ0v) is 10.7. The number of aliphatic hydroxyl groups is 1. The summed E-state index contributed by atoms with van der Waals surface area (Å²) in [5, 5.41) is 9.70. The fourth-order valence-corrected chi connectivity index (χ4v) is 1.61. The third-order valence-electron chi connectivity index (χ3n) is 2.64. The molecule has 0 bridgehead atoms. The second kappa shape index (κ2) is 4.80. The average Bonchev–Trinajstić information content (AvgIpc) is 1.86. The van der Waals surface area contributed by atoms with E-state index in [0.29, 0.717) is 5.92 Å².